The number of aliphatic hydroxyl groups excluding tert-OH is 2. The van der Waals surface area contributed by atoms with E-state index in [4.69, 9.17) is 39.6 Å². The molecule has 10 atom stereocenters. The number of benzene rings is 5. The summed E-state index contributed by atoms with van der Waals surface area (Å²) in [6.07, 6.45) is -5.61. The number of fused-ring (bicyclic) bond motifs is 4. The van der Waals surface area contributed by atoms with Crippen LogP contribution in [0.2, 0.25) is 0 Å². The summed E-state index contributed by atoms with van der Waals surface area (Å²) in [5, 5.41) is 71.4. The maximum absolute atomic E-state index is 14.1. The Morgan fingerprint density at radius 2 is 1.40 bits per heavy atom. The van der Waals surface area contributed by atoms with Crippen LogP contribution in [0.5, 0.6) is 23.0 Å². The molecule has 8 unspecified atom stereocenters. The van der Waals surface area contributed by atoms with E-state index in [9.17, 15) is 49.5 Å². The van der Waals surface area contributed by atoms with Crippen molar-refractivity contribution in [3.63, 3.8) is 0 Å². The van der Waals surface area contributed by atoms with Gasteiger partial charge in [-0.1, -0.05) is 84.9 Å². The van der Waals surface area contributed by atoms with Gasteiger partial charge in [0, 0.05) is 59.9 Å². The fourth-order valence-corrected chi connectivity index (χ4v) is 11.5. The fourth-order valence-electron chi connectivity index (χ4n) is 11.5. The van der Waals surface area contributed by atoms with Gasteiger partial charge in [0.1, 0.15) is 47.9 Å². The van der Waals surface area contributed by atoms with Crippen molar-refractivity contribution < 1.29 is 73.2 Å². The van der Waals surface area contributed by atoms with E-state index < -0.39 is 108 Å². The van der Waals surface area contributed by atoms with Gasteiger partial charge in [-0.05, 0) is 67.5 Å². The van der Waals surface area contributed by atoms with Gasteiger partial charge in [-0.25, -0.2) is 9.59 Å². The van der Waals surface area contributed by atoms with Crippen molar-refractivity contribution in [1.82, 2.24) is 10.6 Å². The van der Waals surface area contributed by atoms with Crippen LogP contribution >= 0.6 is 0 Å². The zero-order valence-electron chi connectivity index (χ0n) is 42.7. The molecule has 20 heteroatoms. The van der Waals surface area contributed by atoms with Gasteiger partial charge in [0.15, 0.2) is 17.9 Å². The average Bonchev–Trinajstić information content (AvgIpc) is 3.58. The topological polar surface area (TPSA) is 307 Å². The number of nitrogens with two attached hydrogens (primary N) is 1. The van der Waals surface area contributed by atoms with Crippen molar-refractivity contribution in [2.24, 2.45) is 27.8 Å². The number of phenolic OH excluding ortho intramolecular Hbond substituents is 2. The van der Waals surface area contributed by atoms with Crippen molar-refractivity contribution in [2.75, 3.05) is 13.7 Å². The first-order chi connectivity index (χ1) is 37.6. The van der Waals surface area contributed by atoms with E-state index in [1.165, 1.54) is 32.2 Å². The molecule has 2 aliphatic heterocycles. The molecule has 5 aliphatic rings. The van der Waals surface area contributed by atoms with Crippen LogP contribution in [0.4, 0.5) is 9.59 Å². The van der Waals surface area contributed by atoms with Crippen LogP contribution in [-0.4, -0.2) is 122 Å². The maximum Gasteiger partial charge on any atom is 0.412 e. The first-order valence-electron chi connectivity index (χ1n) is 25.8. The summed E-state index contributed by atoms with van der Waals surface area (Å²) in [5.41, 5.74) is 6.92. The third-order valence-electron chi connectivity index (χ3n) is 15.6. The zero-order chi connectivity index (χ0) is 55.0. The van der Waals surface area contributed by atoms with E-state index in [-0.39, 0.29) is 70.7 Å². The van der Waals surface area contributed by atoms with E-state index >= 15 is 0 Å². The smallest absolute Gasteiger partial charge is 0.412 e. The zero-order valence-corrected chi connectivity index (χ0v) is 42.7. The van der Waals surface area contributed by atoms with Crippen LogP contribution in [0.25, 0.3) is 0 Å². The molecular formula is C58H59N5O15. The van der Waals surface area contributed by atoms with Crippen LogP contribution < -0.4 is 25.8 Å². The van der Waals surface area contributed by atoms with E-state index in [2.05, 4.69) is 10.6 Å². The minimum atomic E-state index is -2.39. The number of ether oxygens (including phenoxy) is 5. The molecular weight excluding hydrogens is 1010 g/mol. The number of carbonyl (C=O) groups is 5. The summed E-state index contributed by atoms with van der Waals surface area (Å²) in [5.74, 6) is -3.85. The summed E-state index contributed by atoms with van der Waals surface area (Å²) in [7, 11) is 1.30. The van der Waals surface area contributed by atoms with Crippen LogP contribution in [0.1, 0.15) is 111 Å². The second kappa shape index (κ2) is 22.2. The van der Waals surface area contributed by atoms with Gasteiger partial charge in [0.25, 0.3) is 0 Å². The lowest BCUT2D eigenvalue weighted by atomic mass is 9.71. The van der Waals surface area contributed by atoms with Gasteiger partial charge in [0.05, 0.1) is 53.5 Å². The number of nitrogens with one attached hydrogen (secondary N) is 2. The highest BCUT2D eigenvalue weighted by atomic mass is 16.7. The van der Waals surface area contributed by atoms with Gasteiger partial charge < -0.3 is 65.6 Å². The Bertz CT molecular complexity index is 3210. The Morgan fingerprint density at radius 3 is 2.04 bits per heavy atom. The number of aromatic hydroxyl groups is 2. The summed E-state index contributed by atoms with van der Waals surface area (Å²) in [4.78, 5) is 67.7. The third-order valence-corrected chi connectivity index (χ3v) is 15.6. The number of alkyl carbamates (subject to hydrolysis) is 1. The van der Waals surface area contributed by atoms with Crippen LogP contribution in [0.15, 0.2) is 113 Å². The lowest BCUT2D eigenvalue weighted by Gasteiger charge is -2.42. The molecule has 0 radical (unpaired) electrons. The first kappa shape index (κ1) is 53.5. The van der Waals surface area contributed by atoms with Crippen LogP contribution in [-0.2, 0) is 32.0 Å². The van der Waals surface area contributed by atoms with Gasteiger partial charge >= 0.3 is 12.2 Å². The lowest BCUT2D eigenvalue weighted by molar-refractivity contribution is -0.249. The number of aliphatic hydroxyl groups is 3. The minimum absolute atomic E-state index is 0.0399. The first-order valence-corrected chi connectivity index (χ1v) is 25.8. The number of nitrogens with zero attached hydrogens (tertiary/aromatic N) is 2. The molecule has 5 aromatic carbocycles. The van der Waals surface area contributed by atoms with Crippen LogP contribution in [0.3, 0.4) is 0 Å². The van der Waals surface area contributed by atoms with Crippen molar-refractivity contribution in [3.05, 3.63) is 153 Å². The molecule has 2 amide bonds. The van der Waals surface area contributed by atoms with Crippen molar-refractivity contribution in [1.29, 1.82) is 0 Å². The molecule has 2 fully saturated rings. The Hall–Kier alpha value is -7.85. The number of hydrogen-bond donors (Lipinski definition) is 8. The monoisotopic (exact) mass is 1070 g/mol. The van der Waals surface area contributed by atoms with E-state index in [0.717, 1.165) is 29.0 Å². The predicted octanol–water partition coefficient (Wildman–Crippen LogP) is 5.47. The maximum atomic E-state index is 14.1. The van der Waals surface area contributed by atoms with Crippen LogP contribution in [0, 0.1) is 11.8 Å². The molecule has 3 aliphatic carbocycles. The quantitative estimate of drug-likeness (QED) is 0.0705. The largest absolute Gasteiger partial charge is 0.507 e. The van der Waals surface area contributed by atoms with Gasteiger partial charge in [-0.15, -0.1) is 0 Å². The molecule has 78 heavy (non-hydrogen) atoms. The fraction of sp³-hybridized carbons (Fsp3) is 0.362. The molecule has 1 saturated heterocycles. The molecule has 0 spiro atoms. The number of methoxy groups -OCH3 is 1. The summed E-state index contributed by atoms with van der Waals surface area (Å²) < 4.78 is 28.8. The molecule has 2 heterocycles. The van der Waals surface area contributed by atoms with Crippen molar-refractivity contribution >= 4 is 41.0 Å². The average molecular weight is 1070 g/mol. The SMILES string of the molecule is COc1cccc2c1C(=O)c1c(O)c3c(c(O)c1C2=O)C[C@@](O)(C(=O)CO)C[C@@H]3OC1CC(NC(=O)OCc2ccc(OC(=O)NC3CCC4C(c5ccccc5)=NN=C(c5ccccc5)C4CCC3N)cc2)C(O)C(C)O1. The highest BCUT2D eigenvalue weighted by Gasteiger charge is 2.51. The number of hydrogen-bond acceptors (Lipinski definition) is 18. The third kappa shape index (κ3) is 10.4. The Balaban J connectivity index is 0.764. The second-order valence-electron chi connectivity index (χ2n) is 20.3. The van der Waals surface area contributed by atoms with E-state index in [1.807, 2.05) is 60.7 Å². The lowest BCUT2D eigenvalue weighted by Crippen LogP contribution is -2.56. The molecule has 0 bridgehead atoms. The summed E-state index contributed by atoms with van der Waals surface area (Å²) >= 11 is 0. The number of amides is 2. The Labute approximate surface area is 447 Å². The minimum Gasteiger partial charge on any atom is -0.507 e. The molecule has 10 rings (SSSR count). The highest BCUT2D eigenvalue weighted by molar-refractivity contribution is 6.31. The summed E-state index contributed by atoms with van der Waals surface area (Å²) in [6, 6.07) is 28.8. The molecule has 406 valence electrons. The standard InChI is InChI=1S/C58H59N5O15/c1-29-51(66)40(24-44(76-29)78-42-26-58(73,43(65)27-64)25-37-46(42)55(70)48-47(53(37)68)52(67)36-14-9-15-41(74-2)45(36)54(48)69)61-56(71)75-28-30-16-18-33(19-17-30)77-57(72)60-39-23-21-35-34(20-22-38(39)59)49(31-10-5-3-6-11-31)62-63-50(35)32-12-7-4-8-13-32/h3-19,29,34-35,38-40,42,44,51,64,66,68,70,73H,20-28,59H2,1-2H3,(H,60,72)(H,61,71)/t29?,34?,35?,38?,39?,40?,42-,44?,51?,58-/m0/s1. The van der Waals surface area contributed by atoms with Gasteiger partial charge in [-0.3, -0.25) is 14.4 Å². The number of rotatable bonds is 12. The van der Waals surface area contributed by atoms with Gasteiger partial charge in [-0.2, -0.15) is 10.2 Å². The normalized spacial score (nSPS) is 26.5. The highest BCUT2D eigenvalue weighted by Crippen LogP contribution is 2.53. The number of ketones is 3. The van der Waals surface area contributed by atoms with Gasteiger partial charge in [0.2, 0.25) is 5.78 Å². The molecule has 5 aromatic rings. The Kier molecular flexibility index (Phi) is 15.3. The van der Waals surface area contributed by atoms with Crippen molar-refractivity contribution in [2.45, 2.75) is 107 Å². The molecule has 20 nitrogen and oxygen atoms in total. The second-order valence-corrected chi connectivity index (χ2v) is 20.3. The molecule has 0 aromatic heterocycles. The molecule has 9 N–H and O–H groups in total. The molecule has 1 saturated carbocycles. The summed E-state index contributed by atoms with van der Waals surface area (Å²) in [6.45, 7) is 0.176. The van der Waals surface area contributed by atoms with E-state index in [1.54, 1.807) is 24.3 Å². The number of carbonyl (C=O) groups excluding carboxylic acids is 5. The number of Topliss-reactive ketones (excluding diaryl/α,β-unsaturated/α-hetero) is 1. The Morgan fingerprint density at radius 1 is 0.769 bits per heavy atom. The van der Waals surface area contributed by atoms with E-state index in [0.29, 0.717) is 24.8 Å². The van der Waals surface area contributed by atoms with Crippen molar-refractivity contribution in [3.8, 4) is 23.0 Å². The predicted molar refractivity (Wildman–Crippen MR) is 280 cm³/mol. The number of phenols is 2.